The maximum atomic E-state index is 13.1. The number of ether oxygens (including phenoxy) is 2. The van der Waals surface area contributed by atoms with E-state index >= 15 is 0 Å². The number of fused-ring (bicyclic) bond motifs is 1. The number of hydrogen-bond donors (Lipinski definition) is 1. The number of nitrogens with one attached hydrogen (secondary N) is 1. The van der Waals surface area contributed by atoms with Crippen LogP contribution in [0, 0.1) is 19.8 Å². The van der Waals surface area contributed by atoms with E-state index in [-0.39, 0.29) is 11.8 Å². The Morgan fingerprint density at radius 1 is 1.05 bits per heavy atom. The summed E-state index contributed by atoms with van der Waals surface area (Å²) in [4.78, 5) is 15.2. The van der Waals surface area contributed by atoms with Gasteiger partial charge in [0.2, 0.25) is 5.91 Å². The molecule has 0 radical (unpaired) electrons. The predicted molar refractivity (Wildman–Crippen MR) is 142 cm³/mol. The standard InChI is InChI=1S/C28H32N6O3/c1-18-25-19(2)34(22-10-12-23(36-3)13-11-22)32-26(25)27(31-30-18)33-14-6-8-21(17-33)28(35)29-16-20-7-5-9-24(15-20)37-4/h5,7,9-13,15,21H,6,8,14,16-17H2,1-4H3,(H,29,35). The van der Waals surface area contributed by atoms with Crippen LogP contribution in [-0.2, 0) is 11.3 Å². The van der Waals surface area contributed by atoms with Crippen molar-refractivity contribution >= 4 is 22.6 Å². The van der Waals surface area contributed by atoms with E-state index in [1.807, 2.05) is 67.1 Å². The second-order valence-corrected chi connectivity index (χ2v) is 9.38. The first-order valence-corrected chi connectivity index (χ1v) is 12.5. The highest BCUT2D eigenvalue weighted by Gasteiger charge is 2.29. The SMILES string of the molecule is COc1ccc(-n2nc3c(N4CCCC(C(=O)NCc5cccc(OC)c5)C4)nnc(C)c3c2C)cc1. The molecule has 1 atom stereocenters. The first kappa shape index (κ1) is 24.5. The topological polar surface area (TPSA) is 94.4 Å². The van der Waals surface area contributed by atoms with Crippen molar-refractivity contribution in [3.05, 3.63) is 65.5 Å². The normalized spacial score (nSPS) is 15.6. The minimum atomic E-state index is -0.137. The summed E-state index contributed by atoms with van der Waals surface area (Å²) in [5.74, 6) is 2.21. The quantitative estimate of drug-likeness (QED) is 0.410. The number of anilines is 1. The Morgan fingerprint density at radius 3 is 2.59 bits per heavy atom. The number of aromatic nitrogens is 4. The summed E-state index contributed by atoms with van der Waals surface area (Å²) >= 11 is 0. The zero-order valence-corrected chi connectivity index (χ0v) is 21.7. The van der Waals surface area contributed by atoms with Crippen LogP contribution in [0.5, 0.6) is 11.5 Å². The maximum Gasteiger partial charge on any atom is 0.225 e. The summed E-state index contributed by atoms with van der Waals surface area (Å²) in [5.41, 5.74) is 4.58. The van der Waals surface area contributed by atoms with E-state index in [9.17, 15) is 4.79 Å². The summed E-state index contributed by atoms with van der Waals surface area (Å²) in [6.45, 7) is 5.85. The number of methoxy groups -OCH3 is 2. The minimum absolute atomic E-state index is 0.0452. The summed E-state index contributed by atoms with van der Waals surface area (Å²) in [6, 6.07) is 15.6. The second-order valence-electron chi connectivity index (χ2n) is 9.38. The highest BCUT2D eigenvalue weighted by molar-refractivity contribution is 5.92. The van der Waals surface area contributed by atoms with Crippen molar-refractivity contribution in [3.8, 4) is 17.2 Å². The van der Waals surface area contributed by atoms with Crippen LogP contribution in [-0.4, -0.2) is 53.2 Å². The van der Waals surface area contributed by atoms with Gasteiger partial charge in [-0.3, -0.25) is 4.79 Å². The molecule has 1 saturated heterocycles. The molecule has 1 N–H and O–H groups in total. The van der Waals surface area contributed by atoms with Crippen LogP contribution in [0.15, 0.2) is 48.5 Å². The predicted octanol–water partition coefficient (Wildman–Crippen LogP) is 3.98. The van der Waals surface area contributed by atoms with E-state index in [4.69, 9.17) is 14.6 Å². The van der Waals surface area contributed by atoms with Crippen LogP contribution in [0.3, 0.4) is 0 Å². The van der Waals surface area contributed by atoms with Gasteiger partial charge >= 0.3 is 0 Å². The zero-order valence-electron chi connectivity index (χ0n) is 21.7. The third-order valence-corrected chi connectivity index (χ3v) is 6.99. The molecule has 3 heterocycles. The van der Waals surface area contributed by atoms with Crippen LogP contribution < -0.4 is 19.7 Å². The number of amides is 1. The minimum Gasteiger partial charge on any atom is -0.497 e. The van der Waals surface area contributed by atoms with E-state index in [0.29, 0.717) is 13.1 Å². The first-order chi connectivity index (χ1) is 18.0. The zero-order chi connectivity index (χ0) is 25.9. The van der Waals surface area contributed by atoms with Crippen LogP contribution in [0.25, 0.3) is 16.6 Å². The van der Waals surface area contributed by atoms with Crippen molar-refractivity contribution in [3.63, 3.8) is 0 Å². The molecular weight excluding hydrogens is 468 g/mol. The average molecular weight is 501 g/mol. The molecule has 1 fully saturated rings. The molecule has 0 bridgehead atoms. The lowest BCUT2D eigenvalue weighted by atomic mass is 9.97. The number of hydrogen-bond acceptors (Lipinski definition) is 7. The van der Waals surface area contributed by atoms with Gasteiger partial charge in [0.05, 0.1) is 42.6 Å². The number of piperidine rings is 1. The van der Waals surface area contributed by atoms with Crippen molar-refractivity contribution in [1.82, 2.24) is 25.3 Å². The lowest BCUT2D eigenvalue weighted by Gasteiger charge is -2.32. The van der Waals surface area contributed by atoms with Crippen molar-refractivity contribution in [2.75, 3.05) is 32.2 Å². The highest BCUT2D eigenvalue weighted by atomic mass is 16.5. The molecule has 1 aliphatic rings. The number of benzene rings is 2. The first-order valence-electron chi connectivity index (χ1n) is 12.5. The fourth-order valence-corrected chi connectivity index (χ4v) is 5.00. The van der Waals surface area contributed by atoms with Crippen LogP contribution in [0.4, 0.5) is 5.82 Å². The Morgan fingerprint density at radius 2 is 1.84 bits per heavy atom. The summed E-state index contributed by atoms with van der Waals surface area (Å²) < 4.78 is 12.5. The van der Waals surface area contributed by atoms with Crippen molar-refractivity contribution in [1.29, 1.82) is 0 Å². The van der Waals surface area contributed by atoms with E-state index in [1.54, 1.807) is 14.2 Å². The van der Waals surface area contributed by atoms with Crippen LogP contribution in [0.1, 0.15) is 29.8 Å². The van der Waals surface area contributed by atoms with Crippen LogP contribution >= 0.6 is 0 Å². The van der Waals surface area contributed by atoms with Gasteiger partial charge < -0.3 is 19.7 Å². The number of aryl methyl sites for hydroxylation is 2. The summed E-state index contributed by atoms with van der Waals surface area (Å²) in [7, 11) is 3.29. The molecule has 1 unspecified atom stereocenters. The van der Waals surface area contributed by atoms with Crippen LogP contribution in [0.2, 0.25) is 0 Å². The molecule has 9 nitrogen and oxygen atoms in total. The van der Waals surface area contributed by atoms with Crippen molar-refractivity contribution < 1.29 is 14.3 Å². The molecule has 1 aliphatic heterocycles. The van der Waals surface area contributed by atoms with Gasteiger partial charge in [-0.2, -0.15) is 10.2 Å². The number of carbonyl (C=O) groups excluding carboxylic acids is 1. The van der Waals surface area contributed by atoms with E-state index < -0.39 is 0 Å². The molecule has 0 aliphatic carbocycles. The summed E-state index contributed by atoms with van der Waals surface area (Å²) in [5, 5.41) is 18.1. The van der Waals surface area contributed by atoms with E-state index in [0.717, 1.165) is 70.2 Å². The van der Waals surface area contributed by atoms with E-state index in [1.165, 1.54) is 0 Å². The summed E-state index contributed by atoms with van der Waals surface area (Å²) in [6.07, 6.45) is 1.73. The molecule has 4 aromatic rings. The fourth-order valence-electron chi connectivity index (χ4n) is 5.00. The van der Waals surface area contributed by atoms with Crippen molar-refractivity contribution in [2.45, 2.75) is 33.2 Å². The molecular formula is C28H32N6O3. The maximum absolute atomic E-state index is 13.1. The lowest BCUT2D eigenvalue weighted by molar-refractivity contribution is -0.125. The molecule has 5 rings (SSSR count). The Kier molecular flexibility index (Phi) is 6.94. The molecule has 0 spiro atoms. The highest BCUT2D eigenvalue weighted by Crippen LogP contribution is 2.32. The van der Waals surface area contributed by atoms with Gasteiger partial charge in [0.15, 0.2) is 5.82 Å². The number of nitrogens with zero attached hydrogens (tertiary/aromatic N) is 5. The largest absolute Gasteiger partial charge is 0.497 e. The third kappa shape index (κ3) is 4.94. The Balaban J connectivity index is 1.37. The Labute approximate surface area is 216 Å². The molecule has 2 aromatic carbocycles. The van der Waals surface area contributed by atoms with E-state index in [2.05, 4.69) is 20.4 Å². The molecule has 1 amide bonds. The molecule has 2 aromatic heterocycles. The van der Waals surface area contributed by atoms with Gasteiger partial charge in [-0.1, -0.05) is 12.1 Å². The van der Waals surface area contributed by atoms with Gasteiger partial charge in [-0.25, -0.2) is 4.68 Å². The van der Waals surface area contributed by atoms with Gasteiger partial charge in [0.1, 0.15) is 17.0 Å². The molecule has 37 heavy (non-hydrogen) atoms. The molecule has 192 valence electrons. The van der Waals surface area contributed by atoms with Gasteiger partial charge in [-0.05, 0) is 68.7 Å². The van der Waals surface area contributed by atoms with Gasteiger partial charge in [-0.15, -0.1) is 5.10 Å². The third-order valence-electron chi connectivity index (χ3n) is 6.99. The monoisotopic (exact) mass is 500 g/mol. The average Bonchev–Trinajstić information content (AvgIpc) is 3.30. The number of carbonyl (C=O) groups is 1. The van der Waals surface area contributed by atoms with Gasteiger partial charge in [0, 0.05) is 19.6 Å². The Bertz CT molecular complexity index is 1420. The van der Waals surface area contributed by atoms with Crippen molar-refractivity contribution in [2.24, 2.45) is 5.92 Å². The Hall–Kier alpha value is -4.14. The molecule has 9 heteroatoms. The molecule has 0 saturated carbocycles. The number of rotatable bonds is 7. The van der Waals surface area contributed by atoms with Gasteiger partial charge in [0.25, 0.3) is 0 Å². The smallest absolute Gasteiger partial charge is 0.225 e. The lowest BCUT2D eigenvalue weighted by Crippen LogP contribution is -2.43. The fraction of sp³-hybridized carbons (Fsp3) is 0.357. The second kappa shape index (κ2) is 10.5.